The number of hydrogen-bond donors (Lipinski definition) is 1. The highest BCUT2D eigenvalue weighted by molar-refractivity contribution is 4.85. The molecular formula is C18H35N3. The summed E-state index contributed by atoms with van der Waals surface area (Å²) in [5, 5.41) is 3.71. The minimum absolute atomic E-state index is 0.767. The lowest BCUT2D eigenvalue weighted by Gasteiger charge is -2.42. The minimum atomic E-state index is 0.767. The fourth-order valence-electron chi connectivity index (χ4n) is 4.66. The minimum Gasteiger partial charge on any atom is -0.314 e. The highest BCUT2D eigenvalue weighted by Gasteiger charge is 2.28. The van der Waals surface area contributed by atoms with E-state index < -0.39 is 0 Å². The predicted molar refractivity (Wildman–Crippen MR) is 89.7 cm³/mol. The van der Waals surface area contributed by atoms with Crippen molar-refractivity contribution in [1.29, 1.82) is 0 Å². The molecule has 3 fully saturated rings. The van der Waals surface area contributed by atoms with Crippen molar-refractivity contribution < 1.29 is 0 Å². The molecule has 0 bridgehead atoms. The molecule has 2 atom stereocenters. The molecule has 3 saturated heterocycles. The van der Waals surface area contributed by atoms with Crippen molar-refractivity contribution in [1.82, 2.24) is 15.1 Å². The molecule has 0 saturated carbocycles. The van der Waals surface area contributed by atoms with Gasteiger partial charge >= 0.3 is 0 Å². The van der Waals surface area contributed by atoms with Crippen LogP contribution in [-0.2, 0) is 0 Å². The third-order valence-electron chi connectivity index (χ3n) is 6.07. The lowest BCUT2D eigenvalue weighted by atomic mass is 9.95. The van der Waals surface area contributed by atoms with E-state index in [1.165, 1.54) is 90.5 Å². The molecular weight excluding hydrogens is 258 g/mol. The summed E-state index contributed by atoms with van der Waals surface area (Å²) in [6, 6.07) is 2.44. The maximum absolute atomic E-state index is 3.71. The molecule has 0 aromatic carbocycles. The second-order valence-electron chi connectivity index (χ2n) is 7.60. The van der Waals surface area contributed by atoms with Gasteiger partial charge in [-0.1, -0.05) is 12.8 Å². The van der Waals surface area contributed by atoms with Crippen LogP contribution in [0.15, 0.2) is 0 Å². The van der Waals surface area contributed by atoms with Crippen LogP contribution < -0.4 is 5.32 Å². The molecule has 21 heavy (non-hydrogen) atoms. The quantitative estimate of drug-likeness (QED) is 0.860. The van der Waals surface area contributed by atoms with Gasteiger partial charge in [-0.2, -0.15) is 0 Å². The smallest absolute Gasteiger partial charge is 0.0120 e. The molecule has 1 N–H and O–H groups in total. The van der Waals surface area contributed by atoms with Gasteiger partial charge in [0.25, 0.3) is 0 Å². The zero-order valence-corrected chi connectivity index (χ0v) is 14.0. The molecule has 0 aliphatic carbocycles. The molecule has 0 amide bonds. The standard InChI is InChI=1S/C18H35N3/c1-16(15-17-7-3-4-10-19-17)20-13-8-18(9-14-20)21-11-5-2-6-12-21/h16-19H,2-15H2,1H3. The summed E-state index contributed by atoms with van der Waals surface area (Å²) in [5.74, 6) is 0. The summed E-state index contributed by atoms with van der Waals surface area (Å²) < 4.78 is 0. The van der Waals surface area contributed by atoms with Gasteiger partial charge in [-0.15, -0.1) is 0 Å². The van der Waals surface area contributed by atoms with Gasteiger partial charge in [-0.25, -0.2) is 0 Å². The van der Waals surface area contributed by atoms with Gasteiger partial charge in [0.15, 0.2) is 0 Å². The molecule has 3 rings (SSSR count). The van der Waals surface area contributed by atoms with Crippen LogP contribution in [-0.4, -0.2) is 60.6 Å². The molecule has 122 valence electrons. The molecule has 0 aromatic heterocycles. The van der Waals surface area contributed by atoms with Crippen molar-refractivity contribution in [2.45, 2.75) is 82.8 Å². The average molecular weight is 293 g/mol. The SMILES string of the molecule is CC(CC1CCCCN1)N1CCC(N2CCCCC2)CC1. The van der Waals surface area contributed by atoms with E-state index in [0.29, 0.717) is 0 Å². The summed E-state index contributed by atoms with van der Waals surface area (Å²) in [6.45, 7) is 9.09. The first-order chi connectivity index (χ1) is 10.3. The number of rotatable bonds is 4. The van der Waals surface area contributed by atoms with Gasteiger partial charge in [-0.05, 0) is 84.6 Å². The highest BCUT2D eigenvalue weighted by Crippen LogP contribution is 2.23. The predicted octanol–water partition coefficient (Wildman–Crippen LogP) is 2.86. The summed E-state index contributed by atoms with van der Waals surface area (Å²) in [7, 11) is 0. The van der Waals surface area contributed by atoms with E-state index in [9.17, 15) is 0 Å². The molecule has 3 aliphatic heterocycles. The van der Waals surface area contributed by atoms with Crippen LogP contribution in [0.3, 0.4) is 0 Å². The first-order valence-electron chi connectivity index (χ1n) is 9.54. The van der Waals surface area contributed by atoms with Crippen LogP contribution in [0.1, 0.15) is 64.7 Å². The molecule has 3 heteroatoms. The number of hydrogen-bond acceptors (Lipinski definition) is 3. The van der Waals surface area contributed by atoms with Crippen LogP contribution in [0.4, 0.5) is 0 Å². The number of piperidine rings is 3. The van der Waals surface area contributed by atoms with Gasteiger partial charge in [0.05, 0.1) is 0 Å². The Kier molecular flexibility index (Phi) is 5.96. The summed E-state index contributed by atoms with van der Waals surface area (Å²) in [5.41, 5.74) is 0. The Labute approximate surface area is 131 Å². The maximum atomic E-state index is 3.71. The molecule has 3 heterocycles. The van der Waals surface area contributed by atoms with E-state index in [1.807, 2.05) is 0 Å². The van der Waals surface area contributed by atoms with Crippen LogP contribution in [0.5, 0.6) is 0 Å². The molecule has 3 aliphatic rings. The Bertz CT molecular complexity index is 287. The van der Waals surface area contributed by atoms with E-state index in [2.05, 4.69) is 22.0 Å². The zero-order valence-electron chi connectivity index (χ0n) is 14.0. The average Bonchev–Trinajstić information content (AvgIpc) is 2.57. The Morgan fingerprint density at radius 1 is 0.905 bits per heavy atom. The topological polar surface area (TPSA) is 18.5 Å². The Balaban J connectivity index is 1.39. The molecule has 2 unspecified atom stereocenters. The third-order valence-corrected chi connectivity index (χ3v) is 6.07. The molecule has 0 aromatic rings. The van der Waals surface area contributed by atoms with Gasteiger partial charge in [0, 0.05) is 18.1 Å². The van der Waals surface area contributed by atoms with Crippen LogP contribution in [0.25, 0.3) is 0 Å². The Hall–Kier alpha value is -0.120. The Morgan fingerprint density at radius 2 is 1.67 bits per heavy atom. The second kappa shape index (κ2) is 7.94. The maximum Gasteiger partial charge on any atom is 0.0120 e. The summed E-state index contributed by atoms with van der Waals surface area (Å²) >= 11 is 0. The van der Waals surface area contributed by atoms with Gasteiger partial charge in [0.2, 0.25) is 0 Å². The lowest BCUT2D eigenvalue weighted by molar-refractivity contribution is 0.0704. The highest BCUT2D eigenvalue weighted by atomic mass is 15.2. The first kappa shape index (κ1) is 15.8. The Morgan fingerprint density at radius 3 is 2.33 bits per heavy atom. The fraction of sp³-hybridized carbons (Fsp3) is 1.00. The second-order valence-corrected chi connectivity index (χ2v) is 7.60. The number of nitrogens with one attached hydrogen (secondary N) is 1. The van der Waals surface area contributed by atoms with Crippen molar-refractivity contribution in [2.75, 3.05) is 32.7 Å². The molecule has 0 radical (unpaired) electrons. The van der Waals surface area contributed by atoms with Crippen molar-refractivity contribution in [3.8, 4) is 0 Å². The van der Waals surface area contributed by atoms with Crippen molar-refractivity contribution in [3.05, 3.63) is 0 Å². The first-order valence-corrected chi connectivity index (χ1v) is 9.54. The van der Waals surface area contributed by atoms with E-state index in [1.54, 1.807) is 0 Å². The van der Waals surface area contributed by atoms with Gasteiger partial charge < -0.3 is 15.1 Å². The van der Waals surface area contributed by atoms with Crippen molar-refractivity contribution >= 4 is 0 Å². The number of nitrogens with zero attached hydrogens (tertiary/aromatic N) is 2. The molecule has 0 spiro atoms. The summed E-state index contributed by atoms with van der Waals surface area (Å²) in [6.07, 6.45) is 12.7. The van der Waals surface area contributed by atoms with Crippen LogP contribution in [0.2, 0.25) is 0 Å². The molecule has 3 nitrogen and oxygen atoms in total. The zero-order chi connectivity index (χ0) is 14.5. The van der Waals surface area contributed by atoms with Gasteiger partial charge in [0.1, 0.15) is 0 Å². The van der Waals surface area contributed by atoms with E-state index in [4.69, 9.17) is 0 Å². The van der Waals surface area contributed by atoms with E-state index in [-0.39, 0.29) is 0 Å². The van der Waals surface area contributed by atoms with E-state index >= 15 is 0 Å². The van der Waals surface area contributed by atoms with Crippen molar-refractivity contribution in [3.63, 3.8) is 0 Å². The van der Waals surface area contributed by atoms with E-state index in [0.717, 1.165) is 18.1 Å². The van der Waals surface area contributed by atoms with Crippen LogP contribution >= 0.6 is 0 Å². The monoisotopic (exact) mass is 293 g/mol. The summed E-state index contributed by atoms with van der Waals surface area (Å²) in [4.78, 5) is 5.55. The normalized spacial score (nSPS) is 32.1. The van der Waals surface area contributed by atoms with Gasteiger partial charge in [-0.3, -0.25) is 0 Å². The van der Waals surface area contributed by atoms with Crippen molar-refractivity contribution in [2.24, 2.45) is 0 Å². The third kappa shape index (κ3) is 4.43. The van der Waals surface area contributed by atoms with Crippen LogP contribution in [0, 0.1) is 0 Å². The number of likely N-dealkylation sites (tertiary alicyclic amines) is 2. The largest absolute Gasteiger partial charge is 0.314 e. The fourth-order valence-corrected chi connectivity index (χ4v) is 4.66. The lowest BCUT2D eigenvalue weighted by Crippen LogP contribution is -2.50.